The molecule has 166 valence electrons. The maximum Gasteiger partial charge on any atom is 0.220 e. The van der Waals surface area contributed by atoms with Crippen LogP contribution in [0.2, 0.25) is 5.31 Å². The van der Waals surface area contributed by atoms with Crippen LogP contribution in [0.25, 0.3) is 33.2 Å². The van der Waals surface area contributed by atoms with Gasteiger partial charge in [-0.1, -0.05) is 114 Å². The summed E-state index contributed by atoms with van der Waals surface area (Å²) in [6.45, 7) is 14.9. The first-order valence-electron chi connectivity index (χ1n) is 12.4. The second-order valence-electron chi connectivity index (χ2n) is 10.7. The van der Waals surface area contributed by atoms with E-state index >= 15 is 0 Å². The topological polar surface area (TPSA) is 12.9 Å². The van der Waals surface area contributed by atoms with E-state index < -0.39 is 0 Å². The highest BCUT2D eigenvalue weighted by atomic mass is 14.7. The van der Waals surface area contributed by atoms with Crippen molar-refractivity contribution >= 4 is 28.4 Å². The van der Waals surface area contributed by atoms with E-state index in [0.717, 1.165) is 0 Å². The molecule has 0 N–H and O–H groups in total. The highest BCUT2D eigenvalue weighted by Gasteiger charge is 2.53. The first kappa shape index (κ1) is 22.0. The minimum Gasteiger partial charge on any atom is -0.257 e. The van der Waals surface area contributed by atoms with Crippen LogP contribution in [0, 0.1) is 17.8 Å². The van der Waals surface area contributed by atoms with E-state index in [1.165, 1.54) is 44.1 Å². The molecule has 0 aliphatic carbocycles. The molecule has 1 aromatic heterocycles. The van der Waals surface area contributed by atoms with Gasteiger partial charge < -0.3 is 0 Å². The van der Waals surface area contributed by atoms with Gasteiger partial charge in [0.2, 0.25) is 6.71 Å². The molecule has 33 heavy (non-hydrogen) atoms. The van der Waals surface area contributed by atoms with Gasteiger partial charge in [0.25, 0.3) is 0 Å². The molecule has 0 unspecified atom stereocenters. The third kappa shape index (κ3) is 3.18. The summed E-state index contributed by atoms with van der Waals surface area (Å²) in [5.41, 5.74) is 7.94. The van der Waals surface area contributed by atoms with Crippen molar-refractivity contribution in [1.29, 1.82) is 0 Å². The van der Waals surface area contributed by atoms with Crippen molar-refractivity contribution in [2.75, 3.05) is 0 Å². The van der Waals surface area contributed by atoms with E-state index in [2.05, 4.69) is 114 Å². The van der Waals surface area contributed by atoms with Crippen LogP contribution >= 0.6 is 0 Å². The summed E-state index contributed by atoms with van der Waals surface area (Å²) in [6.07, 6.45) is 1.95. The van der Waals surface area contributed by atoms with Crippen LogP contribution in [0.1, 0.15) is 41.5 Å². The lowest BCUT2D eigenvalue weighted by atomic mass is 9.22. The zero-order chi connectivity index (χ0) is 23.3. The van der Waals surface area contributed by atoms with Gasteiger partial charge in [-0.2, -0.15) is 0 Å². The van der Waals surface area contributed by atoms with E-state index in [0.29, 0.717) is 24.5 Å². The summed E-state index contributed by atoms with van der Waals surface area (Å²) >= 11 is 0. The predicted octanol–water partition coefficient (Wildman–Crippen LogP) is 7.20. The first-order chi connectivity index (χ1) is 15.9. The van der Waals surface area contributed by atoms with E-state index in [9.17, 15) is 0 Å². The summed E-state index contributed by atoms with van der Waals surface area (Å²) in [6, 6.07) is 26.9. The van der Waals surface area contributed by atoms with Crippen LogP contribution in [0.5, 0.6) is 0 Å². The number of hydrogen-bond donors (Lipinski definition) is 0. The van der Waals surface area contributed by atoms with Gasteiger partial charge >= 0.3 is 0 Å². The van der Waals surface area contributed by atoms with Gasteiger partial charge in [0.15, 0.2) is 0 Å². The molecular weight excluding hydrogens is 397 g/mol. The third-order valence-corrected chi connectivity index (χ3v) is 8.37. The van der Waals surface area contributed by atoms with Crippen molar-refractivity contribution in [2.24, 2.45) is 17.8 Å². The van der Waals surface area contributed by atoms with E-state index in [1.54, 1.807) is 0 Å². The van der Waals surface area contributed by atoms with Gasteiger partial charge in [0.1, 0.15) is 0 Å². The van der Waals surface area contributed by atoms with Crippen LogP contribution in [0.4, 0.5) is 0 Å². The van der Waals surface area contributed by atoms with Crippen molar-refractivity contribution in [1.82, 2.24) is 4.98 Å². The second kappa shape index (κ2) is 8.17. The van der Waals surface area contributed by atoms with Crippen LogP contribution < -0.4 is 10.9 Å². The van der Waals surface area contributed by atoms with Crippen molar-refractivity contribution in [3.05, 3.63) is 79.0 Å². The minimum absolute atomic E-state index is 0.139. The SMILES string of the molecule is CC(C)C(B1c2cc(-c3cccc4ccccc34)ccc2-c2ncccc21)(C(C)C)C(C)C. The smallest absolute Gasteiger partial charge is 0.220 e. The average Bonchev–Trinajstić information content (AvgIpc) is 3.12. The maximum absolute atomic E-state index is 4.89. The van der Waals surface area contributed by atoms with Crippen LogP contribution in [-0.2, 0) is 0 Å². The number of aromatic nitrogens is 1. The van der Waals surface area contributed by atoms with Crippen molar-refractivity contribution < 1.29 is 0 Å². The Morgan fingerprint density at radius 3 is 2.09 bits per heavy atom. The Labute approximate surface area is 199 Å². The van der Waals surface area contributed by atoms with Gasteiger partial charge in [0, 0.05) is 6.20 Å². The Balaban J connectivity index is 1.79. The first-order valence-corrected chi connectivity index (χ1v) is 12.4. The number of pyridine rings is 1. The fraction of sp³-hybridized carbons (Fsp3) is 0.323. The molecule has 3 aromatic carbocycles. The third-order valence-electron chi connectivity index (χ3n) is 8.37. The van der Waals surface area contributed by atoms with Gasteiger partial charge in [-0.25, -0.2) is 0 Å². The normalized spacial score (nSPS) is 13.3. The summed E-state index contributed by atoms with van der Waals surface area (Å²) in [7, 11) is 0. The van der Waals surface area contributed by atoms with Gasteiger partial charge in [-0.3, -0.25) is 4.98 Å². The lowest BCUT2D eigenvalue weighted by Crippen LogP contribution is -2.56. The lowest BCUT2D eigenvalue weighted by Gasteiger charge is -2.49. The molecule has 2 heterocycles. The highest BCUT2D eigenvalue weighted by molar-refractivity contribution is 6.91. The fourth-order valence-corrected chi connectivity index (χ4v) is 7.24. The van der Waals surface area contributed by atoms with E-state index in [4.69, 9.17) is 4.98 Å². The standard InChI is InChI=1S/C31H34BN/c1-20(2)31(21(3)4,22(5)6)32-28-15-10-18-33-30(28)27-17-16-24(19-29(27)32)26-14-9-12-23-11-7-8-13-25(23)26/h7-22H,1-6H3. The highest BCUT2D eigenvalue weighted by Crippen LogP contribution is 2.54. The number of nitrogens with zero attached hydrogens (tertiary/aromatic N) is 1. The molecule has 0 bridgehead atoms. The summed E-state index contributed by atoms with van der Waals surface area (Å²) in [4.78, 5) is 4.89. The molecule has 0 fully saturated rings. The largest absolute Gasteiger partial charge is 0.257 e. The quantitative estimate of drug-likeness (QED) is 0.305. The fourth-order valence-electron chi connectivity index (χ4n) is 7.24. The average molecular weight is 431 g/mol. The van der Waals surface area contributed by atoms with E-state index in [-0.39, 0.29) is 5.31 Å². The second-order valence-corrected chi connectivity index (χ2v) is 10.7. The molecule has 5 rings (SSSR count). The summed E-state index contributed by atoms with van der Waals surface area (Å²) in [5, 5.41) is 2.74. The monoisotopic (exact) mass is 431 g/mol. The molecule has 0 saturated heterocycles. The maximum atomic E-state index is 4.89. The molecule has 2 heteroatoms. The molecular formula is C31H34BN. The van der Waals surface area contributed by atoms with Crippen molar-refractivity contribution in [3.8, 4) is 22.4 Å². The molecule has 0 radical (unpaired) electrons. The Hall–Kier alpha value is -2.87. The van der Waals surface area contributed by atoms with Crippen molar-refractivity contribution in [2.45, 2.75) is 46.9 Å². The minimum atomic E-state index is 0.139. The molecule has 1 aliphatic heterocycles. The Bertz CT molecular complexity index is 1290. The number of fused-ring (bicyclic) bond motifs is 4. The van der Waals surface area contributed by atoms with Crippen LogP contribution in [0.15, 0.2) is 79.0 Å². The van der Waals surface area contributed by atoms with E-state index in [1.807, 2.05) is 6.20 Å². The van der Waals surface area contributed by atoms with Gasteiger partial charge in [0.05, 0.1) is 5.69 Å². The Morgan fingerprint density at radius 2 is 1.36 bits per heavy atom. The molecule has 0 atom stereocenters. The number of rotatable bonds is 5. The molecule has 0 amide bonds. The number of benzene rings is 3. The molecule has 4 aromatic rings. The zero-order valence-corrected chi connectivity index (χ0v) is 20.8. The number of hydrogen-bond acceptors (Lipinski definition) is 1. The van der Waals surface area contributed by atoms with Crippen LogP contribution in [0.3, 0.4) is 0 Å². The zero-order valence-electron chi connectivity index (χ0n) is 20.8. The molecule has 0 spiro atoms. The summed E-state index contributed by atoms with van der Waals surface area (Å²) in [5.74, 6) is 1.63. The van der Waals surface area contributed by atoms with Gasteiger partial charge in [-0.15, -0.1) is 0 Å². The summed E-state index contributed by atoms with van der Waals surface area (Å²) < 4.78 is 0. The van der Waals surface area contributed by atoms with Crippen LogP contribution in [-0.4, -0.2) is 11.7 Å². The van der Waals surface area contributed by atoms with Gasteiger partial charge in [-0.05, 0) is 62.1 Å². The molecule has 0 saturated carbocycles. The predicted molar refractivity (Wildman–Crippen MR) is 145 cm³/mol. The van der Waals surface area contributed by atoms with Crippen molar-refractivity contribution in [3.63, 3.8) is 0 Å². The molecule has 1 aliphatic rings. The lowest BCUT2D eigenvalue weighted by molar-refractivity contribution is 0.229. The Morgan fingerprint density at radius 1 is 0.667 bits per heavy atom. The Kier molecular flexibility index (Phi) is 5.43. The molecule has 1 nitrogen and oxygen atoms in total.